The summed E-state index contributed by atoms with van der Waals surface area (Å²) in [7, 11) is 0. The summed E-state index contributed by atoms with van der Waals surface area (Å²) in [6, 6.07) is 9.56. The number of anilines is 1. The zero-order chi connectivity index (χ0) is 22.9. The van der Waals surface area contributed by atoms with E-state index in [0.29, 0.717) is 11.1 Å². The lowest BCUT2D eigenvalue weighted by atomic mass is 9.86. The molecule has 0 aliphatic heterocycles. The van der Waals surface area contributed by atoms with Gasteiger partial charge < -0.3 is 14.8 Å². The van der Waals surface area contributed by atoms with Crippen molar-refractivity contribution >= 4 is 22.9 Å². The molecule has 1 heterocycles. The van der Waals surface area contributed by atoms with Crippen LogP contribution < -0.4 is 5.32 Å². The first kappa shape index (κ1) is 22.3. The lowest BCUT2D eigenvalue weighted by molar-refractivity contribution is -0.137. The number of halogens is 3. The SMILES string of the molecule is O=C(Nc1nc2ccc(CO)cc2n1C1CCC(CO)CC1)c1cccc(C(F)(F)F)c1. The largest absolute Gasteiger partial charge is 0.416 e. The van der Waals surface area contributed by atoms with Crippen molar-refractivity contribution in [3.05, 3.63) is 59.2 Å². The fourth-order valence-corrected chi connectivity index (χ4v) is 4.29. The van der Waals surface area contributed by atoms with E-state index in [1.807, 2.05) is 4.57 Å². The van der Waals surface area contributed by atoms with Crippen molar-refractivity contribution in [2.24, 2.45) is 5.92 Å². The number of aliphatic hydroxyl groups excluding tert-OH is 2. The van der Waals surface area contributed by atoms with Crippen molar-refractivity contribution in [2.75, 3.05) is 11.9 Å². The molecule has 2 aromatic carbocycles. The highest BCUT2D eigenvalue weighted by Gasteiger charge is 2.31. The number of hydrogen-bond donors (Lipinski definition) is 3. The molecule has 32 heavy (non-hydrogen) atoms. The van der Waals surface area contributed by atoms with Gasteiger partial charge in [0.2, 0.25) is 5.95 Å². The Kier molecular flexibility index (Phi) is 6.21. The number of carbonyl (C=O) groups excluding carboxylic acids is 1. The van der Waals surface area contributed by atoms with Crippen LogP contribution >= 0.6 is 0 Å². The number of carbonyl (C=O) groups is 1. The minimum Gasteiger partial charge on any atom is -0.396 e. The van der Waals surface area contributed by atoms with Gasteiger partial charge >= 0.3 is 6.18 Å². The maximum atomic E-state index is 13.1. The quantitative estimate of drug-likeness (QED) is 0.537. The number of benzene rings is 2. The lowest BCUT2D eigenvalue weighted by Gasteiger charge is -2.29. The summed E-state index contributed by atoms with van der Waals surface area (Å²) in [5.74, 6) is -0.193. The number of alkyl halides is 3. The standard InChI is InChI=1S/C23H24F3N3O3/c24-23(25,26)17-3-1-2-16(11-17)21(32)28-22-27-19-9-6-15(13-31)10-20(19)29(22)18-7-4-14(12-30)5-8-18/h1-3,6,9-11,14,18,30-31H,4-5,7-8,12-13H2,(H,27,28,32). The highest BCUT2D eigenvalue weighted by Crippen LogP contribution is 2.37. The monoisotopic (exact) mass is 447 g/mol. The maximum absolute atomic E-state index is 13.1. The average Bonchev–Trinajstić information content (AvgIpc) is 3.15. The molecule has 0 saturated heterocycles. The molecule has 4 rings (SSSR count). The zero-order valence-electron chi connectivity index (χ0n) is 17.3. The maximum Gasteiger partial charge on any atom is 0.416 e. The number of imidazole rings is 1. The molecule has 3 N–H and O–H groups in total. The van der Waals surface area contributed by atoms with E-state index in [9.17, 15) is 28.2 Å². The third-order valence-corrected chi connectivity index (χ3v) is 6.05. The van der Waals surface area contributed by atoms with E-state index in [1.54, 1.807) is 18.2 Å². The summed E-state index contributed by atoms with van der Waals surface area (Å²) >= 11 is 0. The van der Waals surface area contributed by atoms with Crippen LogP contribution in [0.1, 0.15) is 53.2 Å². The molecule has 1 aliphatic carbocycles. The summed E-state index contributed by atoms with van der Waals surface area (Å²) in [6.45, 7) is -0.0184. The summed E-state index contributed by atoms with van der Waals surface area (Å²) in [5, 5.41) is 21.7. The first-order chi connectivity index (χ1) is 15.3. The second kappa shape index (κ2) is 8.91. The smallest absolute Gasteiger partial charge is 0.396 e. The second-order valence-corrected chi connectivity index (χ2v) is 8.18. The van der Waals surface area contributed by atoms with Gasteiger partial charge in [-0.3, -0.25) is 10.1 Å². The Morgan fingerprint density at radius 3 is 2.50 bits per heavy atom. The van der Waals surface area contributed by atoms with Crippen LogP contribution in [0.3, 0.4) is 0 Å². The van der Waals surface area contributed by atoms with Gasteiger partial charge in [0.25, 0.3) is 5.91 Å². The summed E-state index contributed by atoms with van der Waals surface area (Å²) in [5.41, 5.74) is 1.04. The van der Waals surface area contributed by atoms with Gasteiger partial charge in [-0.1, -0.05) is 12.1 Å². The van der Waals surface area contributed by atoms with Crippen LogP contribution in [-0.4, -0.2) is 32.3 Å². The molecule has 1 amide bonds. The highest BCUT2D eigenvalue weighted by molar-refractivity contribution is 6.04. The van der Waals surface area contributed by atoms with Crippen molar-refractivity contribution in [3.8, 4) is 0 Å². The summed E-state index contributed by atoms with van der Waals surface area (Å²) < 4.78 is 41.0. The Morgan fingerprint density at radius 2 is 1.84 bits per heavy atom. The molecule has 0 radical (unpaired) electrons. The lowest BCUT2D eigenvalue weighted by Crippen LogP contribution is -2.23. The number of nitrogens with one attached hydrogen (secondary N) is 1. The third-order valence-electron chi connectivity index (χ3n) is 6.05. The van der Waals surface area contributed by atoms with Crippen LogP contribution in [-0.2, 0) is 12.8 Å². The molecular weight excluding hydrogens is 423 g/mol. The van der Waals surface area contributed by atoms with Gasteiger partial charge in [0.15, 0.2) is 0 Å². The van der Waals surface area contributed by atoms with E-state index >= 15 is 0 Å². The molecule has 6 nitrogen and oxygen atoms in total. The number of rotatable bonds is 5. The van der Waals surface area contributed by atoms with Crippen molar-refractivity contribution < 1.29 is 28.2 Å². The molecule has 170 valence electrons. The number of aromatic nitrogens is 2. The predicted molar refractivity (Wildman–Crippen MR) is 113 cm³/mol. The number of amides is 1. The van der Waals surface area contributed by atoms with Crippen LogP contribution in [0.15, 0.2) is 42.5 Å². The topological polar surface area (TPSA) is 87.4 Å². The summed E-state index contributed by atoms with van der Waals surface area (Å²) in [4.78, 5) is 17.3. The number of nitrogens with zero attached hydrogens (tertiary/aromatic N) is 2. The molecule has 3 aromatic rings. The Bertz CT molecular complexity index is 1120. The minimum atomic E-state index is -4.55. The molecule has 0 bridgehead atoms. The van der Waals surface area contributed by atoms with Crippen LogP contribution in [0.2, 0.25) is 0 Å². The molecule has 0 spiro atoms. The predicted octanol–water partition coefficient (Wildman–Crippen LogP) is 4.52. The molecule has 1 aliphatic rings. The van der Waals surface area contributed by atoms with E-state index in [-0.39, 0.29) is 36.7 Å². The van der Waals surface area contributed by atoms with Crippen LogP contribution in [0.4, 0.5) is 19.1 Å². The van der Waals surface area contributed by atoms with Gasteiger partial charge in [-0.2, -0.15) is 13.2 Å². The number of aliphatic hydroxyl groups is 2. The normalized spacial score (nSPS) is 19.3. The molecule has 1 aromatic heterocycles. The van der Waals surface area contributed by atoms with E-state index in [1.165, 1.54) is 12.1 Å². The minimum absolute atomic E-state index is 0.00792. The molecule has 1 saturated carbocycles. The van der Waals surface area contributed by atoms with Gasteiger partial charge in [0.05, 0.1) is 23.2 Å². The highest BCUT2D eigenvalue weighted by atomic mass is 19.4. The van der Waals surface area contributed by atoms with Crippen molar-refractivity contribution in [1.29, 1.82) is 0 Å². The zero-order valence-corrected chi connectivity index (χ0v) is 17.3. The Balaban J connectivity index is 1.70. The van der Waals surface area contributed by atoms with Crippen molar-refractivity contribution in [2.45, 2.75) is 44.5 Å². The molecule has 0 unspecified atom stereocenters. The molecule has 1 fully saturated rings. The molecule has 9 heteroatoms. The molecular formula is C23H24F3N3O3. The van der Waals surface area contributed by atoms with Gasteiger partial charge in [0, 0.05) is 18.2 Å². The van der Waals surface area contributed by atoms with Crippen LogP contribution in [0.5, 0.6) is 0 Å². The van der Waals surface area contributed by atoms with Gasteiger partial charge in [-0.25, -0.2) is 4.98 Å². The van der Waals surface area contributed by atoms with Crippen molar-refractivity contribution in [3.63, 3.8) is 0 Å². The number of fused-ring (bicyclic) bond motifs is 1. The Labute approximate surface area is 182 Å². The van der Waals surface area contributed by atoms with E-state index in [0.717, 1.165) is 43.3 Å². The van der Waals surface area contributed by atoms with E-state index in [2.05, 4.69) is 10.3 Å². The Hall–Kier alpha value is -2.91. The second-order valence-electron chi connectivity index (χ2n) is 8.18. The first-order valence-corrected chi connectivity index (χ1v) is 10.5. The first-order valence-electron chi connectivity index (χ1n) is 10.5. The van der Waals surface area contributed by atoms with Crippen LogP contribution in [0.25, 0.3) is 11.0 Å². The van der Waals surface area contributed by atoms with Gasteiger partial charge in [0.1, 0.15) is 0 Å². The summed E-state index contributed by atoms with van der Waals surface area (Å²) in [6.07, 6.45) is -1.36. The third kappa shape index (κ3) is 4.49. The average molecular weight is 447 g/mol. The van der Waals surface area contributed by atoms with E-state index in [4.69, 9.17) is 0 Å². The number of hydrogen-bond acceptors (Lipinski definition) is 4. The molecule has 0 atom stereocenters. The van der Waals surface area contributed by atoms with E-state index < -0.39 is 17.6 Å². The van der Waals surface area contributed by atoms with Crippen LogP contribution in [0, 0.1) is 5.92 Å². The van der Waals surface area contributed by atoms with Gasteiger partial charge in [-0.15, -0.1) is 0 Å². The Morgan fingerprint density at radius 1 is 1.09 bits per heavy atom. The fraction of sp³-hybridized carbons (Fsp3) is 0.391. The van der Waals surface area contributed by atoms with Crippen molar-refractivity contribution in [1.82, 2.24) is 9.55 Å². The van der Waals surface area contributed by atoms with Gasteiger partial charge in [-0.05, 0) is 67.5 Å². The fourth-order valence-electron chi connectivity index (χ4n) is 4.29.